The van der Waals surface area contributed by atoms with Crippen LogP contribution in [0, 0.1) is 0 Å². The van der Waals surface area contributed by atoms with Gasteiger partial charge in [0.25, 0.3) is 0 Å². The zero-order chi connectivity index (χ0) is 40.7. The molecule has 0 aliphatic heterocycles. The molecule has 0 atom stereocenters. The molecule has 1 nitrogen and oxygen atoms in total. The maximum atomic E-state index is 2.50. The second-order valence-corrected chi connectivity index (χ2v) is 17.9. The summed E-state index contributed by atoms with van der Waals surface area (Å²) in [5.41, 5.74) is 15.9. The second-order valence-electron chi connectivity index (χ2n) is 16.8. The van der Waals surface area contributed by atoms with Gasteiger partial charge in [0, 0.05) is 42.5 Å². The van der Waals surface area contributed by atoms with E-state index in [2.05, 4.69) is 231 Å². The van der Waals surface area contributed by atoms with Crippen molar-refractivity contribution in [2.75, 3.05) is 4.90 Å². The molecule has 0 saturated heterocycles. The molecule has 0 saturated carbocycles. The molecule has 11 aromatic rings. The lowest BCUT2D eigenvalue weighted by atomic mass is 9.82. The van der Waals surface area contributed by atoms with Gasteiger partial charge in [-0.15, -0.1) is 11.3 Å². The van der Waals surface area contributed by atoms with E-state index in [0.717, 1.165) is 17.1 Å². The van der Waals surface area contributed by atoms with Crippen LogP contribution in [0.4, 0.5) is 17.1 Å². The fourth-order valence-corrected chi connectivity index (χ4v) is 11.3. The Kier molecular flexibility index (Phi) is 8.13. The summed E-state index contributed by atoms with van der Waals surface area (Å²) >= 11 is 1.88. The van der Waals surface area contributed by atoms with Gasteiger partial charge in [-0.3, -0.25) is 0 Å². The van der Waals surface area contributed by atoms with Gasteiger partial charge in [-0.25, -0.2) is 0 Å². The van der Waals surface area contributed by atoms with Gasteiger partial charge >= 0.3 is 0 Å². The van der Waals surface area contributed by atoms with E-state index >= 15 is 0 Å². The van der Waals surface area contributed by atoms with Gasteiger partial charge in [0.15, 0.2) is 0 Å². The van der Waals surface area contributed by atoms with E-state index in [4.69, 9.17) is 0 Å². The van der Waals surface area contributed by atoms with Gasteiger partial charge in [-0.2, -0.15) is 0 Å². The lowest BCUT2D eigenvalue weighted by Crippen LogP contribution is -2.17. The Balaban J connectivity index is 1.16. The highest BCUT2D eigenvalue weighted by Crippen LogP contribution is 2.53. The average molecular weight is 796 g/mol. The molecule has 0 fully saturated rings. The highest BCUT2D eigenvalue weighted by Gasteiger charge is 2.36. The summed E-state index contributed by atoms with van der Waals surface area (Å²) in [5, 5.41) is 7.65. The number of nitrogens with zero attached hydrogens (tertiary/aromatic N) is 1. The summed E-state index contributed by atoms with van der Waals surface area (Å²) in [6.45, 7) is 4.74. The van der Waals surface area contributed by atoms with E-state index in [1.807, 2.05) is 11.3 Å². The van der Waals surface area contributed by atoms with Gasteiger partial charge in [0.1, 0.15) is 0 Å². The van der Waals surface area contributed by atoms with E-state index in [0.29, 0.717) is 0 Å². The third kappa shape index (κ3) is 5.60. The van der Waals surface area contributed by atoms with Gasteiger partial charge < -0.3 is 4.90 Å². The molecule has 61 heavy (non-hydrogen) atoms. The molecule has 288 valence electrons. The summed E-state index contributed by atoms with van der Waals surface area (Å²) in [6, 6.07) is 78.8. The molecule has 1 aliphatic carbocycles. The molecule has 10 aromatic carbocycles. The van der Waals surface area contributed by atoms with Crippen LogP contribution in [0.15, 0.2) is 212 Å². The number of hydrogen-bond donors (Lipinski definition) is 0. The zero-order valence-corrected chi connectivity index (χ0v) is 34.9. The number of fused-ring (bicyclic) bond motifs is 9. The van der Waals surface area contributed by atoms with Crippen molar-refractivity contribution >= 4 is 70.1 Å². The van der Waals surface area contributed by atoms with Crippen LogP contribution in [0.5, 0.6) is 0 Å². The third-order valence-electron chi connectivity index (χ3n) is 13.1. The van der Waals surface area contributed by atoms with Gasteiger partial charge in [-0.05, 0) is 120 Å². The van der Waals surface area contributed by atoms with Crippen LogP contribution in [0.3, 0.4) is 0 Å². The highest BCUT2D eigenvalue weighted by molar-refractivity contribution is 7.26. The Bertz CT molecular complexity index is 3520. The Labute approximate surface area is 360 Å². The molecule has 0 radical (unpaired) electrons. The monoisotopic (exact) mass is 795 g/mol. The summed E-state index contributed by atoms with van der Waals surface area (Å²) < 4.78 is 2.60. The number of rotatable bonds is 6. The first-order chi connectivity index (χ1) is 30.0. The molecular formula is C59H41NS. The smallest absolute Gasteiger partial charge is 0.0540 e. The Hall–Kier alpha value is -7.26. The normalized spacial score (nSPS) is 12.9. The number of anilines is 3. The number of benzene rings is 10. The number of para-hydroxylation sites is 1. The topological polar surface area (TPSA) is 3.24 Å². The minimum atomic E-state index is -0.144. The molecule has 1 aromatic heterocycles. The first kappa shape index (κ1) is 35.7. The van der Waals surface area contributed by atoms with E-state index in [9.17, 15) is 0 Å². The van der Waals surface area contributed by atoms with E-state index in [1.165, 1.54) is 97.4 Å². The molecule has 0 unspecified atom stereocenters. The summed E-state index contributed by atoms with van der Waals surface area (Å²) in [7, 11) is 0. The minimum Gasteiger partial charge on any atom is -0.310 e. The molecule has 0 N–H and O–H groups in total. The number of hydrogen-bond acceptors (Lipinski definition) is 2. The van der Waals surface area contributed by atoms with Crippen molar-refractivity contribution in [2.24, 2.45) is 0 Å². The van der Waals surface area contributed by atoms with Gasteiger partial charge in [0.05, 0.1) is 5.69 Å². The largest absolute Gasteiger partial charge is 0.310 e. The maximum absolute atomic E-state index is 2.50. The fraction of sp³-hybridized carbons (Fsp3) is 0.0508. The van der Waals surface area contributed by atoms with Crippen molar-refractivity contribution in [2.45, 2.75) is 19.3 Å². The minimum absolute atomic E-state index is 0.144. The van der Waals surface area contributed by atoms with Gasteiger partial charge in [0.2, 0.25) is 0 Å². The van der Waals surface area contributed by atoms with Crippen molar-refractivity contribution < 1.29 is 0 Å². The quantitative estimate of drug-likeness (QED) is 0.152. The summed E-state index contributed by atoms with van der Waals surface area (Å²) in [6.07, 6.45) is 0. The first-order valence-corrected chi connectivity index (χ1v) is 22.0. The fourth-order valence-electron chi connectivity index (χ4n) is 10.2. The predicted octanol–water partition coefficient (Wildman–Crippen LogP) is 17.1. The Morgan fingerprint density at radius 3 is 1.89 bits per heavy atom. The maximum Gasteiger partial charge on any atom is 0.0540 e. The molecule has 1 aliphatic rings. The highest BCUT2D eigenvalue weighted by atomic mass is 32.1. The average Bonchev–Trinajstić information content (AvgIpc) is 3.81. The molecule has 2 heteroatoms. The second kappa shape index (κ2) is 13.9. The molecule has 12 rings (SSSR count). The van der Waals surface area contributed by atoms with E-state index in [-0.39, 0.29) is 5.41 Å². The van der Waals surface area contributed by atoms with Crippen molar-refractivity contribution in [1.29, 1.82) is 0 Å². The summed E-state index contributed by atoms with van der Waals surface area (Å²) in [5.74, 6) is 0. The van der Waals surface area contributed by atoms with Crippen molar-refractivity contribution in [3.8, 4) is 44.5 Å². The van der Waals surface area contributed by atoms with Crippen LogP contribution in [0.25, 0.3) is 86.2 Å². The summed E-state index contributed by atoms with van der Waals surface area (Å²) in [4.78, 5) is 2.50. The van der Waals surface area contributed by atoms with Gasteiger partial charge in [-0.1, -0.05) is 178 Å². The molecule has 1 heterocycles. The van der Waals surface area contributed by atoms with Crippen molar-refractivity contribution in [3.05, 3.63) is 223 Å². The number of thiophene rings is 1. The first-order valence-electron chi connectivity index (χ1n) is 21.2. The molecule has 0 bridgehead atoms. The SMILES string of the molecule is CC1(C)c2ccccc2-c2ccc(N(c3cccc(-c4ccccc4)c3)c3ccccc3-c3ccc4sc5ccccc5c4c3-c3cc4ccccc4c4ccccc34)cc21. The van der Waals surface area contributed by atoms with Crippen molar-refractivity contribution in [3.63, 3.8) is 0 Å². The predicted molar refractivity (Wildman–Crippen MR) is 263 cm³/mol. The zero-order valence-electron chi connectivity index (χ0n) is 34.1. The standard InChI is InChI=1S/C59H41NS/c1-59(2)52-28-13-10-25-46(52)47-32-31-42(37-53(47)59)60(41-21-16-20-39(35-41)38-17-4-3-5-18-38)54-29-14-11-26-48(54)49-33-34-56-58(50-27-12-15-30-55(50)61-56)57(49)51-36-40-19-6-7-22-43(40)44-23-8-9-24-45(44)51/h3-37H,1-2H3. The third-order valence-corrected chi connectivity index (χ3v) is 14.2. The molecule has 0 spiro atoms. The lowest BCUT2D eigenvalue weighted by Gasteiger charge is -2.30. The van der Waals surface area contributed by atoms with Crippen LogP contribution in [0.2, 0.25) is 0 Å². The Morgan fingerprint density at radius 2 is 1.02 bits per heavy atom. The van der Waals surface area contributed by atoms with Crippen LogP contribution < -0.4 is 4.90 Å². The van der Waals surface area contributed by atoms with E-state index < -0.39 is 0 Å². The van der Waals surface area contributed by atoms with Crippen molar-refractivity contribution in [1.82, 2.24) is 0 Å². The van der Waals surface area contributed by atoms with Crippen LogP contribution in [0.1, 0.15) is 25.0 Å². The molecule has 0 amide bonds. The van der Waals surface area contributed by atoms with E-state index in [1.54, 1.807) is 0 Å². The lowest BCUT2D eigenvalue weighted by molar-refractivity contribution is 0.660. The van der Waals surface area contributed by atoms with Crippen LogP contribution in [-0.4, -0.2) is 0 Å². The Morgan fingerprint density at radius 1 is 0.377 bits per heavy atom. The van der Waals surface area contributed by atoms with Crippen LogP contribution >= 0.6 is 11.3 Å². The molecular weight excluding hydrogens is 755 g/mol. The van der Waals surface area contributed by atoms with Crippen LogP contribution in [-0.2, 0) is 5.41 Å².